The van der Waals surface area contributed by atoms with Crippen LogP contribution in [0, 0.1) is 0 Å². The van der Waals surface area contributed by atoms with Crippen LogP contribution in [0.15, 0.2) is 206 Å². The number of para-hydroxylation sites is 1. The molecule has 0 saturated carbocycles. The standard InChI is InChI=1S/C56H36N4S/c1-3-14-36(15-4-1)38-20-11-21-40(31-28-38)54-57-55(41-32-29-39(30-33-41)37-16-5-2-6-17-37)59-56(58-54)60-49-35-43-19-8-7-18-42(43)34-48(49)46-25-12-24-45(53(46)60)44-23-13-27-51-52(44)47-22-9-10-26-50(47)61-51/h1-10,12-35H,11H2. The van der Waals surface area contributed by atoms with E-state index in [1.807, 2.05) is 17.4 Å². The van der Waals surface area contributed by atoms with Gasteiger partial charge < -0.3 is 0 Å². The van der Waals surface area contributed by atoms with Gasteiger partial charge in [0, 0.05) is 47.6 Å². The van der Waals surface area contributed by atoms with Crippen LogP contribution in [0.3, 0.4) is 0 Å². The Morgan fingerprint density at radius 3 is 1.87 bits per heavy atom. The van der Waals surface area contributed by atoms with Crippen molar-refractivity contribution in [2.45, 2.75) is 6.42 Å². The molecule has 11 aromatic rings. The molecule has 5 heteroatoms. The summed E-state index contributed by atoms with van der Waals surface area (Å²) in [7, 11) is 0. The van der Waals surface area contributed by atoms with Gasteiger partial charge in [0.2, 0.25) is 5.95 Å². The summed E-state index contributed by atoms with van der Waals surface area (Å²) in [4.78, 5) is 16.1. The van der Waals surface area contributed by atoms with Gasteiger partial charge >= 0.3 is 0 Å². The summed E-state index contributed by atoms with van der Waals surface area (Å²) < 4.78 is 4.84. The Hall–Kier alpha value is -7.73. The number of hydrogen-bond acceptors (Lipinski definition) is 4. The topological polar surface area (TPSA) is 43.6 Å². The highest BCUT2D eigenvalue weighted by atomic mass is 32.1. The van der Waals surface area contributed by atoms with Crippen molar-refractivity contribution in [3.63, 3.8) is 0 Å². The molecular formula is C56H36N4S. The maximum atomic E-state index is 5.45. The zero-order valence-corrected chi connectivity index (χ0v) is 33.9. The highest BCUT2D eigenvalue weighted by Gasteiger charge is 2.23. The van der Waals surface area contributed by atoms with Crippen molar-refractivity contribution >= 4 is 75.2 Å². The molecule has 0 atom stereocenters. The second-order valence-corrected chi connectivity index (χ2v) is 16.6. The van der Waals surface area contributed by atoms with Gasteiger partial charge in [-0.3, -0.25) is 4.57 Å². The van der Waals surface area contributed by atoms with E-state index in [1.54, 1.807) is 0 Å². The molecule has 0 fully saturated rings. The largest absolute Gasteiger partial charge is 0.277 e. The van der Waals surface area contributed by atoms with E-state index in [9.17, 15) is 0 Å². The van der Waals surface area contributed by atoms with Gasteiger partial charge in [-0.05, 0) is 69.3 Å². The first-order chi connectivity index (χ1) is 30.2. The Labute approximate surface area is 356 Å². The highest BCUT2D eigenvalue weighted by Crippen LogP contribution is 2.45. The molecule has 3 aromatic heterocycles. The minimum atomic E-state index is 0.576. The highest BCUT2D eigenvalue weighted by molar-refractivity contribution is 7.25. The predicted octanol–water partition coefficient (Wildman–Crippen LogP) is 14.9. The number of benzene rings is 8. The molecule has 4 nitrogen and oxygen atoms in total. The molecule has 0 bridgehead atoms. The molecule has 8 aromatic carbocycles. The first kappa shape index (κ1) is 35.2. The second-order valence-electron chi connectivity index (χ2n) is 15.5. The number of fused-ring (bicyclic) bond motifs is 7. The van der Waals surface area contributed by atoms with Crippen LogP contribution >= 0.6 is 11.3 Å². The van der Waals surface area contributed by atoms with Gasteiger partial charge in [-0.15, -0.1) is 11.3 Å². The molecule has 1 aliphatic rings. The third-order valence-electron chi connectivity index (χ3n) is 11.9. The maximum absolute atomic E-state index is 5.45. The monoisotopic (exact) mass is 796 g/mol. The lowest BCUT2D eigenvalue weighted by Gasteiger charge is -2.14. The fraction of sp³-hybridized carbons (Fsp3) is 0.0179. The molecule has 61 heavy (non-hydrogen) atoms. The Balaban J connectivity index is 1.13. The Morgan fingerprint density at radius 1 is 0.426 bits per heavy atom. The summed E-state index contributed by atoms with van der Waals surface area (Å²) in [6.45, 7) is 0. The van der Waals surface area contributed by atoms with Crippen molar-refractivity contribution in [3.8, 4) is 39.6 Å². The molecule has 0 radical (unpaired) electrons. The van der Waals surface area contributed by atoms with Crippen molar-refractivity contribution in [1.29, 1.82) is 0 Å². The van der Waals surface area contributed by atoms with Crippen molar-refractivity contribution in [1.82, 2.24) is 19.5 Å². The minimum Gasteiger partial charge on any atom is -0.277 e. The fourth-order valence-corrected chi connectivity index (χ4v) is 10.1. The van der Waals surface area contributed by atoms with Crippen molar-refractivity contribution in [3.05, 3.63) is 218 Å². The second kappa shape index (κ2) is 14.5. The van der Waals surface area contributed by atoms with Crippen LogP contribution in [0.5, 0.6) is 0 Å². The van der Waals surface area contributed by atoms with Crippen LogP contribution < -0.4 is 0 Å². The van der Waals surface area contributed by atoms with E-state index in [1.165, 1.54) is 47.8 Å². The Bertz CT molecular complexity index is 3590. The van der Waals surface area contributed by atoms with Crippen molar-refractivity contribution in [2.75, 3.05) is 0 Å². The SMILES string of the molecule is C1=CC(c2nc(-c3ccc(-c4ccccc4)cc3)nc(-n3c4cc5ccccc5cc4c4cccc(-c5cccc6sc7ccccc7c56)c43)n2)=CCC=C1c1ccccc1. The van der Waals surface area contributed by atoms with Gasteiger partial charge in [0.1, 0.15) is 0 Å². The lowest BCUT2D eigenvalue weighted by molar-refractivity contribution is 0.932. The molecule has 3 heterocycles. The van der Waals surface area contributed by atoms with Gasteiger partial charge in [0.25, 0.3) is 0 Å². The Morgan fingerprint density at radius 2 is 1.03 bits per heavy atom. The molecule has 0 aliphatic heterocycles. The number of allylic oxidation sites excluding steroid dienone is 6. The van der Waals surface area contributed by atoms with Crippen LogP contribution in [-0.4, -0.2) is 19.5 Å². The van der Waals surface area contributed by atoms with E-state index in [0.29, 0.717) is 17.6 Å². The summed E-state index contributed by atoms with van der Waals surface area (Å²) in [6.07, 6.45) is 9.58. The number of rotatable bonds is 6. The van der Waals surface area contributed by atoms with E-state index < -0.39 is 0 Å². The van der Waals surface area contributed by atoms with Gasteiger partial charge in [-0.1, -0.05) is 182 Å². The van der Waals surface area contributed by atoms with Gasteiger partial charge in [0.05, 0.1) is 11.0 Å². The van der Waals surface area contributed by atoms with Crippen LogP contribution in [0.25, 0.3) is 103 Å². The third-order valence-corrected chi connectivity index (χ3v) is 13.0. The summed E-state index contributed by atoms with van der Waals surface area (Å²) in [5.74, 6) is 1.82. The molecule has 286 valence electrons. The molecular weight excluding hydrogens is 761 g/mol. The zero-order chi connectivity index (χ0) is 40.3. The molecule has 0 N–H and O–H groups in total. The smallest absolute Gasteiger partial charge is 0.238 e. The number of hydrogen-bond donors (Lipinski definition) is 0. The average molecular weight is 797 g/mol. The normalized spacial score (nSPS) is 13.0. The quantitative estimate of drug-likeness (QED) is 0.168. The molecule has 0 spiro atoms. The van der Waals surface area contributed by atoms with Crippen molar-refractivity contribution in [2.24, 2.45) is 0 Å². The van der Waals surface area contributed by atoms with E-state index in [0.717, 1.165) is 55.9 Å². The molecule has 0 unspecified atom stereocenters. The summed E-state index contributed by atoms with van der Waals surface area (Å²) >= 11 is 1.84. The molecule has 1 aliphatic carbocycles. The van der Waals surface area contributed by atoms with Crippen LogP contribution in [0.1, 0.15) is 17.8 Å². The van der Waals surface area contributed by atoms with Gasteiger partial charge in [-0.2, -0.15) is 9.97 Å². The molecule has 0 saturated heterocycles. The van der Waals surface area contributed by atoms with Crippen LogP contribution in [0.4, 0.5) is 0 Å². The maximum Gasteiger partial charge on any atom is 0.238 e. The van der Waals surface area contributed by atoms with Crippen molar-refractivity contribution < 1.29 is 0 Å². The summed E-state index contributed by atoms with van der Waals surface area (Å²) in [5.41, 5.74) is 11.0. The van der Waals surface area contributed by atoms with E-state index in [-0.39, 0.29) is 0 Å². The number of nitrogens with zero attached hydrogens (tertiary/aromatic N) is 4. The van der Waals surface area contributed by atoms with E-state index >= 15 is 0 Å². The third kappa shape index (κ3) is 6.09. The lowest BCUT2D eigenvalue weighted by atomic mass is 9.97. The number of aromatic nitrogens is 4. The van der Waals surface area contributed by atoms with Crippen LogP contribution in [-0.2, 0) is 0 Å². The Kier molecular flexibility index (Phi) is 8.39. The van der Waals surface area contributed by atoms with Gasteiger partial charge in [-0.25, -0.2) is 4.98 Å². The predicted molar refractivity (Wildman–Crippen MR) is 257 cm³/mol. The molecule has 0 amide bonds. The first-order valence-electron chi connectivity index (χ1n) is 20.7. The average Bonchev–Trinajstić information content (AvgIpc) is 3.75. The van der Waals surface area contributed by atoms with Crippen LogP contribution in [0.2, 0.25) is 0 Å². The number of thiophene rings is 1. The van der Waals surface area contributed by atoms with E-state index in [4.69, 9.17) is 15.0 Å². The fourth-order valence-electron chi connectivity index (χ4n) is 8.98. The molecule has 12 rings (SSSR count). The first-order valence-corrected chi connectivity index (χ1v) is 21.5. The van der Waals surface area contributed by atoms with Gasteiger partial charge in [0.15, 0.2) is 11.6 Å². The lowest BCUT2D eigenvalue weighted by Crippen LogP contribution is -2.08. The summed E-state index contributed by atoms with van der Waals surface area (Å²) in [5, 5.41) is 7.18. The summed E-state index contributed by atoms with van der Waals surface area (Å²) in [6, 6.07) is 65.0. The minimum absolute atomic E-state index is 0.576. The van der Waals surface area contributed by atoms with E-state index in [2.05, 4.69) is 205 Å². The zero-order valence-electron chi connectivity index (χ0n) is 33.0.